The molecule has 0 spiro atoms. The summed E-state index contributed by atoms with van der Waals surface area (Å²) >= 11 is 0. The number of rotatable bonds is 4. The first-order valence-electron chi connectivity index (χ1n) is 5.64. The fourth-order valence-electron chi connectivity index (χ4n) is 1.51. The largest absolute Gasteiger partial charge is 0.326 e. The molecule has 1 heterocycles. The van der Waals surface area contributed by atoms with E-state index in [4.69, 9.17) is 5.73 Å². The van der Waals surface area contributed by atoms with Gasteiger partial charge in [-0.2, -0.15) is 5.10 Å². The van der Waals surface area contributed by atoms with E-state index in [1.807, 2.05) is 24.3 Å². The molecule has 0 radical (unpaired) electrons. The van der Waals surface area contributed by atoms with Gasteiger partial charge in [-0.15, -0.1) is 0 Å². The molecule has 2 rings (SSSR count). The molecule has 0 saturated carbocycles. The molecule has 1 atom stereocenters. The zero-order chi connectivity index (χ0) is 13.0. The van der Waals surface area contributed by atoms with Crippen LogP contribution in [0.3, 0.4) is 0 Å². The first-order valence-corrected chi connectivity index (χ1v) is 5.64. The van der Waals surface area contributed by atoms with Gasteiger partial charge >= 0.3 is 0 Å². The fraction of sp³-hybridized carbons (Fsp3) is 0.250. The normalized spacial score (nSPS) is 12.1. The number of aromatic nitrogens is 3. The Balaban J connectivity index is 2.02. The molecule has 2 aromatic rings. The van der Waals surface area contributed by atoms with Crippen molar-refractivity contribution in [3.63, 3.8) is 0 Å². The van der Waals surface area contributed by atoms with Crippen molar-refractivity contribution in [3.8, 4) is 0 Å². The van der Waals surface area contributed by atoms with Gasteiger partial charge in [0.1, 0.15) is 18.7 Å². The molecule has 94 valence electrons. The summed E-state index contributed by atoms with van der Waals surface area (Å²) in [6, 6.07) is 7.02. The number of nitrogens with two attached hydrogens (primary N) is 1. The molecule has 6 nitrogen and oxygen atoms in total. The van der Waals surface area contributed by atoms with Gasteiger partial charge in [0.05, 0.1) is 0 Å². The van der Waals surface area contributed by atoms with Crippen molar-refractivity contribution in [1.29, 1.82) is 0 Å². The van der Waals surface area contributed by atoms with Gasteiger partial charge < -0.3 is 11.1 Å². The molecule has 0 bridgehead atoms. The molecular formula is C12H15N5O. The molecular weight excluding hydrogens is 230 g/mol. The van der Waals surface area contributed by atoms with Crippen LogP contribution in [0, 0.1) is 0 Å². The van der Waals surface area contributed by atoms with Crippen molar-refractivity contribution in [3.05, 3.63) is 42.5 Å². The maximum Gasteiger partial charge on any atom is 0.249 e. The van der Waals surface area contributed by atoms with Gasteiger partial charge in [-0.3, -0.25) is 4.79 Å². The highest BCUT2D eigenvalue weighted by Crippen LogP contribution is 2.12. The molecule has 1 amide bonds. The number of nitrogens with one attached hydrogen (secondary N) is 1. The smallest absolute Gasteiger partial charge is 0.249 e. The summed E-state index contributed by atoms with van der Waals surface area (Å²) in [6.07, 6.45) is 2.92. The van der Waals surface area contributed by atoms with Gasteiger partial charge in [0.25, 0.3) is 0 Å². The predicted molar refractivity (Wildman–Crippen MR) is 67.7 cm³/mol. The van der Waals surface area contributed by atoms with E-state index in [9.17, 15) is 4.79 Å². The van der Waals surface area contributed by atoms with E-state index in [2.05, 4.69) is 15.4 Å². The Hall–Kier alpha value is -2.21. The number of hydrogen-bond donors (Lipinski definition) is 2. The van der Waals surface area contributed by atoms with Crippen LogP contribution >= 0.6 is 0 Å². The minimum atomic E-state index is -0.401. The van der Waals surface area contributed by atoms with Crippen molar-refractivity contribution >= 4 is 11.6 Å². The van der Waals surface area contributed by atoms with E-state index in [1.165, 1.54) is 17.3 Å². The summed E-state index contributed by atoms with van der Waals surface area (Å²) in [5.41, 5.74) is 7.27. The van der Waals surface area contributed by atoms with E-state index in [0.29, 0.717) is 6.54 Å². The van der Waals surface area contributed by atoms with Crippen LogP contribution in [0.25, 0.3) is 0 Å². The third-order valence-corrected chi connectivity index (χ3v) is 2.67. The second kappa shape index (κ2) is 5.42. The van der Waals surface area contributed by atoms with Gasteiger partial charge in [0.15, 0.2) is 0 Å². The van der Waals surface area contributed by atoms with Crippen molar-refractivity contribution in [2.75, 3.05) is 5.32 Å². The molecule has 3 N–H and O–H groups in total. The number of carbonyl (C=O) groups excluding carboxylic acids is 1. The zero-order valence-electron chi connectivity index (χ0n) is 10.1. The maximum atomic E-state index is 11.9. The summed E-state index contributed by atoms with van der Waals surface area (Å²) in [5, 5.41) is 6.75. The Morgan fingerprint density at radius 1 is 1.44 bits per heavy atom. The lowest BCUT2D eigenvalue weighted by atomic mass is 10.2. The molecule has 1 unspecified atom stereocenters. The van der Waals surface area contributed by atoms with Crippen LogP contribution in [-0.4, -0.2) is 20.7 Å². The van der Waals surface area contributed by atoms with Crippen LogP contribution in [-0.2, 0) is 11.3 Å². The lowest BCUT2D eigenvalue weighted by Crippen LogP contribution is -2.24. The lowest BCUT2D eigenvalue weighted by molar-refractivity contribution is -0.119. The monoisotopic (exact) mass is 245 g/mol. The van der Waals surface area contributed by atoms with Crippen molar-refractivity contribution in [1.82, 2.24) is 14.8 Å². The summed E-state index contributed by atoms with van der Waals surface area (Å²) in [4.78, 5) is 15.8. The highest BCUT2D eigenvalue weighted by Gasteiger charge is 2.15. The standard InChI is InChI=1S/C12H15N5O/c1-9(17-8-14-7-15-17)12(18)16-11-4-2-10(6-13)3-5-11/h2-5,7-9H,6,13H2,1H3,(H,16,18). The first-order chi connectivity index (χ1) is 8.70. The first kappa shape index (κ1) is 12.3. The van der Waals surface area contributed by atoms with Crippen LogP contribution in [0.2, 0.25) is 0 Å². The minimum absolute atomic E-state index is 0.138. The third kappa shape index (κ3) is 2.72. The van der Waals surface area contributed by atoms with E-state index in [0.717, 1.165) is 11.3 Å². The van der Waals surface area contributed by atoms with Crippen molar-refractivity contribution < 1.29 is 4.79 Å². The number of nitrogens with zero attached hydrogens (tertiary/aromatic N) is 3. The second-order valence-electron chi connectivity index (χ2n) is 3.94. The minimum Gasteiger partial charge on any atom is -0.326 e. The topological polar surface area (TPSA) is 85.8 Å². The number of benzene rings is 1. The quantitative estimate of drug-likeness (QED) is 0.839. The summed E-state index contributed by atoms with van der Waals surface area (Å²) in [5.74, 6) is -0.138. The average molecular weight is 245 g/mol. The van der Waals surface area contributed by atoms with Crippen molar-refractivity contribution in [2.45, 2.75) is 19.5 Å². The van der Waals surface area contributed by atoms with Crippen molar-refractivity contribution in [2.24, 2.45) is 5.73 Å². The van der Waals surface area contributed by atoms with Crippen LogP contribution in [0.5, 0.6) is 0 Å². The van der Waals surface area contributed by atoms with E-state index in [1.54, 1.807) is 6.92 Å². The van der Waals surface area contributed by atoms with Gasteiger partial charge in [-0.1, -0.05) is 12.1 Å². The third-order valence-electron chi connectivity index (χ3n) is 2.67. The molecule has 0 fully saturated rings. The molecule has 0 saturated heterocycles. The van der Waals surface area contributed by atoms with Crippen LogP contribution in [0.15, 0.2) is 36.9 Å². The SMILES string of the molecule is CC(C(=O)Nc1ccc(CN)cc1)n1cncn1. The van der Waals surface area contributed by atoms with Gasteiger partial charge in [-0.05, 0) is 24.6 Å². The van der Waals surface area contributed by atoms with Gasteiger partial charge in [-0.25, -0.2) is 9.67 Å². The lowest BCUT2D eigenvalue weighted by Gasteiger charge is -2.12. The second-order valence-corrected chi connectivity index (χ2v) is 3.94. The van der Waals surface area contributed by atoms with Gasteiger partial charge in [0.2, 0.25) is 5.91 Å². The predicted octanol–water partition coefficient (Wildman–Crippen LogP) is 0.937. The highest BCUT2D eigenvalue weighted by atomic mass is 16.2. The molecule has 1 aromatic heterocycles. The number of amides is 1. The Labute approximate surface area is 105 Å². The number of carbonyl (C=O) groups is 1. The Bertz CT molecular complexity index is 506. The molecule has 0 aliphatic rings. The highest BCUT2D eigenvalue weighted by molar-refractivity contribution is 5.93. The number of hydrogen-bond acceptors (Lipinski definition) is 4. The summed E-state index contributed by atoms with van der Waals surface area (Å²) < 4.78 is 1.50. The molecule has 18 heavy (non-hydrogen) atoms. The van der Waals surface area contributed by atoms with Crippen LogP contribution < -0.4 is 11.1 Å². The molecule has 1 aromatic carbocycles. The average Bonchev–Trinajstić information content (AvgIpc) is 2.92. The van der Waals surface area contributed by atoms with Crippen LogP contribution in [0.1, 0.15) is 18.5 Å². The van der Waals surface area contributed by atoms with Gasteiger partial charge in [0, 0.05) is 12.2 Å². The molecule has 0 aliphatic carbocycles. The van der Waals surface area contributed by atoms with Crippen LogP contribution in [0.4, 0.5) is 5.69 Å². The summed E-state index contributed by atoms with van der Waals surface area (Å²) in [6.45, 7) is 2.25. The maximum absolute atomic E-state index is 11.9. The summed E-state index contributed by atoms with van der Waals surface area (Å²) in [7, 11) is 0. The van der Waals surface area contributed by atoms with E-state index >= 15 is 0 Å². The zero-order valence-corrected chi connectivity index (χ0v) is 10.1. The van der Waals surface area contributed by atoms with E-state index in [-0.39, 0.29) is 5.91 Å². The van der Waals surface area contributed by atoms with E-state index < -0.39 is 6.04 Å². The Morgan fingerprint density at radius 3 is 2.72 bits per heavy atom. The molecule has 6 heteroatoms. The Kier molecular flexibility index (Phi) is 3.69. The Morgan fingerprint density at radius 2 is 2.17 bits per heavy atom. The fourth-order valence-corrected chi connectivity index (χ4v) is 1.51. The number of anilines is 1. The molecule has 0 aliphatic heterocycles.